The molecule has 6 nitrogen and oxygen atoms in total. The molecular weight excluding hydrogens is 518 g/mol. The summed E-state index contributed by atoms with van der Waals surface area (Å²) in [5.74, 6) is 0.574. The highest BCUT2D eigenvalue weighted by Crippen LogP contribution is 2.76. The Bertz CT molecular complexity index is 1490. The number of carbonyl (C=O) groups is 2. The van der Waals surface area contributed by atoms with Crippen LogP contribution < -0.4 is 0 Å². The zero-order valence-electron chi connectivity index (χ0n) is 24.9. The first-order valence-electron chi connectivity index (χ1n) is 15.1. The van der Waals surface area contributed by atoms with Gasteiger partial charge in [-0.25, -0.2) is 4.21 Å². The number of fused-ring (bicyclic) bond motifs is 8. The minimum atomic E-state index is -2.69. The molecule has 1 spiro atoms. The van der Waals surface area contributed by atoms with Gasteiger partial charge < -0.3 is 0 Å². The first-order valence-corrected chi connectivity index (χ1v) is 17.1. The van der Waals surface area contributed by atoms with Crippen molar-refractivity contribution >= 4 is 21.3 Å². The molecule has 0 aromatic heterocycles. The van der Waals surface area contributed by atoms with Gasteiger partial charge in [0.15, 0.2) is 11.6 Å². The van der Waals surface area contributed by atoms with Crippen molar-refractivity contribution in [1.82, 2.24) is 0 Å². The largest absolute Gasteiger partial charge is 0.295 e. The summed E-state index contributed by atoms with van der Waals surface area (Å²) in [7, 11) is -2.69. The molecule has 214 valence electrons. The molecule has 4 fully saturated rings. The van der Waals surface area contributed by atoms with Crippen LogP contribution in [0.4, 0.5) is 0 Å². The van der Waals surface area contributed by atoms with E-state index in [1.165, 1.54) is 0 Å². The number of Topliss-reactive ketones (excluding diaryl/α,β-unsaturated/α-hetero) is 1. The van der Waals surface area contributed by atoms with Gasteiger partial charge in [0.1, 0.15) is 6.07 Å². The monoisotopic (exact) mass is 561 g/mol. The van der Waals surface area contributed by atoms with Crippen LogP contribution in [0.3, 0.4) is 0 Å². The number of ketones is 2. The molecule has 0 aromatic carbocycles. The highest BCUT2D eigenvalue weighted by molar-refractivity contribution is 7.93. The maximum absolute atomic E-state index is 14.6. The van der Waals surface area contributed by atoms with E-state index in [9.17, 15) is 24.3 Å². The Morgan fingerprint density at radius 2 is 1.68 bits per heavy atom. The first-order chi connectivity index (χ1) is 18.5. The molecule has 0 heterocycles. The van der Waals surface area contributed by atoms with Gasteiger partial charge in [-0.1, -0.05) is 46.3 Å². The molecule has 8 atom stereocenters. The Morgan fingerprint density at radius 1 is 1.00 bits per heavy atom. The fourth-order valence-corrected chi connectivity index (χ4v) is 12.8. The van der Waals surface area contributed by atoms with Gasteiger partial charge in [0.05, 0.1) is 15.3 Å². The van der Waals surface area contributed by atoms with Crippen LogP contribution in [0.1, 0.15) is 92.4 Å². The van der Waals surface area contributed by atoms with Crippen molar-refractivity contribution in [3.63, 3.8) is 0 Å². The number of carbonyl (C=O) groups excluding carboxylic acids is 2. The summed E-state index contributed by atoms with van der Waals surface area (Å²) in [4.78, 5) is 27.9. The average Bonchev–Trinajstić information content (AvgIpc) is 3.65. The molecule has 40 heavy (non-hydrogen) atoms. The zero-order valence-corrected chi connectivity index (χ0v) is 25.7. The highest BCUT2D eigenvalue weighted by atomic mass is 32.2. The second kappa shape index (κ2) is 8.19. The highest BCUT2D eigenvalue weighted by Gasteiger charge is 2.72. The van der Waals surface area contributed by atoms with Gasteiger partial charge in [0, 0.05) is 28.8 Å². The van der Waals surface area contributed by atoms with Crippen molar-refractivity contribution in [1.29, 1.82) is 10.5 Å². The minimum Gasteiger partial charge on any atom is -0.295 e. The normalized spacial score (nSPS) is 45.6. The second-order valence-electron chi connectivity index (χ2n) is 15.8. The van der Waals surface area contributed by atoms with Gasteiger partial charge in [0.25, 0.3) is 0 Å². The van der Waals surface area contributed by atoms with E-state index >= 15 is 0 Å². The summed E-state index contributed by atoms with van der Waals surface area (Å²) >= 11 is 0. The SMILES string of the molecule is CC1(C)CC[C@]2(CS(C)(=O)=NC#N)CC[C@]3(C)[C@H](C(=O)C=C4[C@@]5(C)C=C(C#N)C(=O)C6(CC6)[C@@H]5CC[C@]43C)[C@@H]2C1. The molecule has 0 saturated heterocycles. The van der Waals surface area contributed by atoms with Crippen LogP contribution in [-0.2, 0) is 19.3 Å². The fraction of sp³-hybridized carbons (Fsp3) is 0.758. The maximum atomic E-state index is 14.6. The maximum Gasteiger partial charge on any atom is 0.214 e. The fourth-order valence-electron chi connectivity index (χ4n) is 11.0. The molecule has 0 amide bonds. The molecule has 0 N–H and O–H groups in total. The van der Waals surface area contributed by atoms with Crippen LogP contribution >= 0.6 is 0 Å². The van der Waals surface area contributed by atoms with Crippen molar-refractivity contribution in [2.75, 3.05) is 12.0 Å². The van der Waals surface area contributed by atoms with E-state index in [0.29, 0.717) is 5.75 Å². The molecule has 1 unspecified atom stereocenters. The quantitative estimate of drug-likeness (QED) is 0.356. The van der Waals surface area contributed by atoms with Gasteiger partial charge in [0.2, 0.25) is 6.19 Å². The lowest BCUT2D eigenvalue weighted by atomic mass is 9.35. The van der Waals surface area contributed by atoms with Gasteiger partial charge in [-0.3, -0.25) is 9.59 Å². The van der Waals surface area contributed by atoms with E-state index in [-0.39, 0.29) is 56.6 Å². The van der Waals surface area contributed by atoms with Crippen molar-refractivity contribution in [3.8, 4) is 12.3 Å². The summed E-state index contributed by atoms with van der Waals surface area (Å²) < 4.78 is 17.3. The lowest BCUT2D eigenvalue weighted by Crippen LogP contribution is -2.65. The molecule has 6 aliphatic rings. The van der Waals surface area contributed by atoms with Crippen LogP contribution in [0, 0.1) is 73.0 Å². The van der Waals surface area contributed by atoms with E-state index in [1.807, 2.05) is 12.2 Å². The molecule has 6 rings (SSSR count). The minimum absolute atomic E-state index is 0.0192. The third-order valence-corrected chi connectivity index (χ3v) is 14.9. The zero-order chi connectivity index (χ0) is 29.1. The molecule has 0 bridgehead atoms. The topological polar surface area (TPSA) is 111 Å². The number of nitriles is 2. The lowest BCUT2D eigenvalue weighted by Gasteiger charge is -2.69. The third kappa shape index (κ3) is 3.46. The smallest absolute Gasteiger partial charge is 0.214 e. The van der Waals surface area contributed by atoms with Crippen LogP contribution in [0.15, 0.2) is 27.7 Å². The van der Waals surface area contributed by atoms with Gasteiger partial charge in [-0.2, -0.15) is 10.5 Å². The third-order valence-electron chi connectivity index (χ3n) is 13.3. The average molecular weight is 562 g/mol. The Kier molecular flexibility index (Phi) is 5.71. The summed E-state index contributed by atoms with van der Waals surface area (Å²) in [6.07, 6.45) is 15.4. The van der Waals surface area contributed by atoms with Gasteiger partial charge >= 0.3 is 0 Å². The van der Waals surface area contributed by atoms with E-state index in [0.717, 1.165) is 63.4 Å². The summed E-state index contributed by atoms with van der Waals surface area (Å²) in [5, 5.41) is 19.2. The second-order valence-corrected chi connectivity index (χ2v) is 18.2. The first kappa shape index (κ1) is 27.9. The standard InChI is InChI=1S/C33H43N3O3S/c1-28(2)9-11-32(19-40(6,39)36-20-35)12-10-31(5)26(22(32)17-28)23(37)15-25-29(3)16-21(18-34)27(38)33(13-14-33)24(29)7-8-30(25,31)4/h15-16,22,24,26H,7-14,17,19H2,1-6H3/t22-,24+,26-,29-,30+,31+,32+,40?/m0/s1. The van der Waals surface area contributed by atoms with Gasteiger partial charge in [-0.05, 0) is 97.4 Å². The number of hydrogen-bond acceptors (Lipinski definition) is 6. The Labute approximate surface area is 239 Å². The number of rotatable bonds is 2. The lowest BCUT2D eigenvalue weighted by molar-refractivity contribution is -0.166. The number of nitrogens with zero attached hydrogens (tertiary/aromatic N) is 3. The number of allylic oxidation sites excluding steroid dienone is 4. The molecular formula is C33H43N3O3S. The Hall–Kier alpha value is -2.25. The molecule has 0 radical (unpaired) electrons. The van der Waals surface area contributed by atoms with Crippen LogP contribution in [-0.4, -0.2) is 27.8 Å². The summed E-state index contributed by atoms with van der Waals surface area (Å²) in [6.45, 7) is 11.4. The molecule has 4 saturated carbocycles. The van der Waals surface area contributed by atoms with Crippen molar-refractivity contribution in [2.24, 2.45) is 54.6 Å². The molecule has 0 aromatic rings. The van der Waals surface area contributed by atoms with E-state index in [1.54, 1.807) is 12.4 Å². The molecule has 7 heteroatoms. The predicted octanol–water partition coefficient (Wildman–Crippen LogP) is 6.54. The van der Waals surface area contributed by atoms with Crippen LogP contribution in [0.2, 0.25) is 0 Å². The Balaban J connectivity index is 1.51. The van der Waals surface area contributed by atoms with Crippen LogP contribution in [0.25, 0.3) is 0 Å². The van der Waals surface area contributed by atoms with Crippen molar-refractivity contribution < 1.29 is 13.8 Å². The van der Waals surface area contributed by atoms with E-state index in [4.69, 9.17) is 0 Å². The van der Waals surface area contributed by atoms with E-state index in [2.05, 4.69) is 45.1 Å². The molecule has 6 aliphatic carbocycles. The summed E-state index contributed by atoms with van der Waals surface area (Å²) in [5.41, 5.74) is -0.243. The van der Waals surface area contributed by atoms with Gasteiger partial charge in [-0.15, -0.1) is 4.36 Å². The predicted molar refractivity (Wildman–Crippen MR) is 154 cm³/mol. The van der Waals surface area contributed by atoms with Crippen LogP contribution in [0.5, 0.6) is 0 Å². The number of hydrogen-bond donors (Lipinski definition) is 0. The van der Waals surface area contributed by atoms with E-state index < -0.39 is 20.6 Å². The molecule has 0 aliphatic heterocycles. The van der Waals surface area contributed by atoms with Crippen molar-refractivity contribution in [2.45, 2.75) is 92.4 Å². The van der Waals surface area contributed by atoms with Crippen molar-refractivity contribution in [3.05, 3.63) is 23.3 Å². The Morgan fingerprint density at radius 3 is 2.30 bits per heavy atom. The summed E-state index contributed by atoms with van der Waals surface area (Å²) in [6, 6.07) is 2.22.